The highest BCUT2D eigenvalue weighted by Gasteiger charge is 2.29. The van der Waals surface area contributed by atoms with Gasteiger partial charge in [-0.15, -0.1) is 10.2 Å². The van der Waals surface area contributed by atoms with Crippen LogP contribution in [0.4, 0.5) is 0 Å². The Morgan fingerprint density at radius 3 is 2.73 bits per heavy atom. The summed E-state index contributed by atoms with van der Waals surface area (Å²) in [5.41, 5.74) is 2.44. The van der Waals surface area contributed by atoms with Crippen LogP contribution >= 0.6 is 11.8 Å². The second-order valence-corrected chi connectivity index (χ2v) is 8.86. The molecule has 1 atom stereocenters. The number of benzene rings is 1. The van der Waals surface area contributed by atoms with Gasteiger partial charge in [0, 0.05) is 12.2 Å². The molecule has 7 heteroatoms. The van der Waals surface area contributed by atoms with E-state index in [1.165, 1.54) is 22.9 Å². The van der Waals surface area contributed by atoms with Gasteiger partial charge in [-0.25, -0.2) is 8.42 Å². The van der Waals surface area contributed by atoms with Crippen molar-refractivity contribution < 1.29 is 12.8 Å². The van der Waals surface area contributed by atoms with Crippen LogP contribution < -0.4 is 0 Å². The molecule has 118 valence electrons. The molecule has 0 saturated carbocycles. The molecule has 0 spiro atoms. The van der Waals surface area contributed by atoms with E-state index in [2.05, 4.69) is 41.4 Å². The average molecular weight is 338 g/mol. The highest BCUT2D eigenvalue weighted by Crippen LogP contribution is 2.25. The van der Waals surface area contributed by atoms with Gasteiger partial charge in [-0.3, -0.25) is 0 Å². The molecule has 1 aromatic carbocycles. The fourth-order valence-electron chi connectivity index (χ4n) is 2.49. The van der Waals surface area contributed by atoms with Crippen LogP contribution in [0.5, 0.6) is 0 Å². The molecular weight excluding hydrogens is 320 g/mol. The lowest BCUT2D eigenvalue weighted by Crippen LogP contribution is -2.07. The first kappa shape index (κ1) is 15.6. The van der Waals surface area contributed by atoms with Gasteiger partial charge in [-0.1, -0.05) is 41.6 Å². The summed E-state index contributed by atoms with van der Waals surface area (Å²) >= 11 is 1.50. The SMILES string of the molecule is Cc1ccc(CSc2nnc(CC3CCS(=O)(=O)C3)o2)cc1. The molecule has 3 rings (SSSR count). The Hall–Kier alpha value is -1.34. The molecule has 1 saturated heterocycles. The molecule has 2 aromatic rings. The lowest BCUT2D eigenvalue weighted by Gasteiger charge is -2.02. The maximum Gasteiger partial charge on any atom is 0.276 e. The van der Waals surface area contributed by atoms with E-state index in [1.54, 1.807) is 0 Å². The minimum atomic E-state index is -2.85. The predicted molar refractivity (Wildman–Crippen MR) is 85.5 cm³/mol. The summed E-state index contributed by atoms with van der Waals surface area (Å²) in [7, 11) is -2.85. The summed E-state index contributed by atoms with van der Waals surface area (Å²) in [5.74, 6) is 1.94. The number of hydrogen-bond donors (Lipinski definition) is 0. The second kappa shape index (κ2) is 6.42. The minimum absolute atomic E-state index is 0.111. The summed E-state index contributed by atoms with van der Waals surface area (Å²) in [6.45, 7) is 2.06. The van der Waals surface area contributed by atoms with Crippen molar-refractivity contribution in [2.45, 2.75) is 30.7 Å². The van der Waals surface area contributed by atoms with Crippen molar-refractivity contribution in [1.82, 2.24) is 10.2 Å². The summed E-state index contributed by atoms with van der Waals surface area (Å²) < 4.78 is 28.5. The maximum absolute atomic E-state index is 11.4. The van der Waals surface area contributed by atoms with Gasteiger partial charge in [0.05, 0.1) is 11.5 Å². The van der Waals surface area contributed by atoms with E-state index in [0.29, 0.717) is 24.0 Å². The highest BCUT2D eigenvalue weighted by molar-refractivity contribution is 7.98. The van der Waals surface area contributed by atoms with Gasteiger partial charge >= 0.3 is 0 Å². The van der Waals surface area contributed by atoms with Crippen LogP contribution in [0, 0.1) is 12.8 Å². The fraction of sp³-hybridized carbons (Fsp3) is 0.467. The molecule has 1 fully saturated rings. The largest absolute Gasteiger partial charge is 0.416 e. The smallest absolute Gasteiger partial charge is 0.276 e. The van der Waals surface area contributed by atoms with E-state index in [0.717, 1.165) is 5.75 Å². The molecule has 1 unspecified atom stereocenters. The Bertz CT molecular complexity index is 738. The molecule has 1 aromatic heterocycles. The zero-order valence-electron chi connectivity index (χ0n) is 12.4. The fourth-order valence-corrected chi connectivity index (χ4v) is 5.09. The van der Waals surface area contributed by atoms with E-state index < -0.39 is 9.84 Å². The molecule has 0 N–H and O–H groups in total. The van der Waals surface area contributed by atoms with E-state index in [1.807, 2.05) is 0 Å². The van der Waals surface area contributed by atoms with E-state index in [-0.39, 0.29) is 17.4 Å². The number of aromatic nitrogens is 2. The molecule has 0 bridgehead atoms. The van der Waals surface area contributed by atoms with Crippen molar-refractivity contribution in [3.05, 3.63) is 41.3 Å². The summed E-state index contributed by atoms with van der Waals surface area (Å²) in [5, 5.41) is 8.58. The van der Waals surface area contributed by atoms with Crippen molar-refractivity contribution in [2.75, 3.05) is 11.5 Å². The third-order valence-corrected chi connectivity index (χ3v) is 6.45. The number of sulfone groups is 1. The zero-order valence-corrected chi connectivity index (χ0v) is 14.0. The Morgan fingerprint density at radius 1 is 1.27 bits per heavy atom. The topological polar surface area (TPSA) is 73.1 Å². The van der Waals surface area contributed by atoms with Crippen LogP contribution in [0.3, 0.4) is 0 Å². The Labute approximate surface area is 134 Å². The average Bonchev–Trinajstić information content (AvgIpc) is 3.05. The van der Waals surface area contributed by atoms with Crippen LogP contribution in [-0.4, -0.2) is 30.1 Å². The standard InChI is InChI=1S/C15H18N2O3S2/c1-11-2-4-12(5-3-11)9-21-15-17-16-14(20-15)8-13-6-7-22(18,19)10-13/h2-5,13H,6-10H2,1H3. The van der Waals surface area contributed by atoms with Crippen LogP contribution in [0.2, 0.25) is 0 Å². The van der Waals surface area contributed by atoms with Gasteiger partial charge < -0.3 is 4.42 Å². The first-order valence-corrected chi connectivity index (χ1v) is 10.0. The molecule has 2 heterocycles. The van der Waals surface area contributed by atoms with Gasteiger partial charge in [0.2, 0.25) is 5.89 Å². The van der Waals surface area contributed by atoms with E-state index >= 15 is 0 Å². The summed E-state index contributed by atoms with van der Waals surface area (Å²) in [4.78, 5) is 0. The van der Waals surface area contributed by atoms with Crippen LogP contribution in [0.15, 0.2) is 33.9 Å². The summed E-state index contributed by atoms with van der Waals surface area (Å²) in [6, 6.07) is 8.33. The number of aryl methyl sites for hydroxylation is 1. The van der Waals surface area contributed by atoms with Crippen molar-refractivity contribution in [1.29, 1.82) is 0 Å². The molecular formula is C15H18N2O3S2. The number of thioether (sulfide) groups is 1. The first-order chi connectivity index (χ1) is 10.5. The van der Waals surface area contributed by atoms with E-state index in [9.17, 15) is 8.42 Å². The second-order valence-electron chi connectivity index (χ2n) is 5.71. The van der Waals surface area contributed by atoms with Crippen molar-refractivity contribution in [2.24, 2.45) is 5.92 Å². The molecule has 0 radical (unpaired) electrons. The van der Waals surface area contributed by atoms with Gasteiger partial charge in [0.15, 0.2) is 9.84 Å². The minimum Gasteiger partial charge on any atom is -0.416 e. The Balaban J connectivity index is 1.54. The van der Waals surface area contributed by atoms with Crippen LogP contribution in [-0.2, 0) is 22.0 Å². The van der Waals surface area contributed by atoms with Crippen molar-refractivity contribution >= 4 is 21.6 Å². The van der Waals surface area contributed by atoms with Gasteiger partial charge in [0.1, 0.15) is 0 Å². The van der Waals surface area contributed by atoms with Crippen molar-refractivity contribution in [3.8, 4) is 0 Å². The first-order valence-electron chi connectivity index (χ1n) is 7.21. The summed E-state index contributed by atoms with van der Waals surface area (Å²) in [6.07, 6.45) is 1.24. The number of rotatable bonds is 5. The molecule has 1 aliphatic heterocycles. The molecule has 0 aliphatic carbocycles. The van der Waals surface area contributed by atoms with Gasteiger partial charge in [-0.2, -0.15) is 0 Å². The van der Waals surface area contributed by atoms with E-state index in [4.69, 9.17) is 4.42 Å². The number of hydrogen-bond acceptors (Lipinski definition) is 6. The molecule has 22 heavy (non-hydrogen) atoms. The van der Waals surface area contributed by atoms with Crippen molar-refractivity contribution in [3.63, 3.8) is 0 Å². The maximum atomic E-state index is 11.4. The predicted octanol–water partition coefficient (Wildman–Crippen LogP) is 2.65. The quantitative estimate of drug-likeness (QED) is 0.780. The third kappa shape index (κ3) is 4.10. The zero-order chi connectivity index (χ0) is 15.6. The van der Waals surface area contributed by atoms with Crippen LogP contribution in [0.1, 0.15) is 23.4 Å². The Morgan fingerprint density at radius 2 is 2.05 bits per heavy atom. The number of nitrogens with zero attached hydrogens (tertiary/aromatic N) is 2. The highest BCUT2D eigenvalue weighted by atomic mass is 32.2. The Kier molecular flexibility index (Phi) is 4.54. The third-order valence-electron chi connectivity index (χ3n) is 3.72. The molecule has 5 nitrogen and oxygen atoms in total. The van der Waals surface area contributed by atoms with Gasteiger partial charge in [-0.05, 0) is 24.8 Å². The molecule has 1 aliphatic rings. The lowest BCUT2D eigenvalue weighted by molar-refractivity contribution is 0.389. The molecule has 0 amide bonds. The van der Waals surface area contributed by atoms with Crippen LogP contribution in [0.25, 0.3) is 0 Å². The van der Waals surface area contributed by atoms with Gasteiger partial charge in [0.25, 0.3) is 5.22 Å². The normalized spacial score (nSPS) is 20.3. The monoisotopic (exact) mass is 338 g/mol. The lowest BCUT2D eigenvalue weighted by atomic mass is 10.1.